The molecule has 48 heavy (non-hydrogen) atoms. The van der Waals surface area contributed by atoms with Crippen molar-refractivity contribution < 1.29 is 38.2 Å². The average molecular weight is 667 g/mol. The number of ether oxygens (including phenoxy) is 3. The molecule has 0 bridgehead atoms. The van der Waals surface area contributed by atoms with Crippen LogP contribution in [0.4, 0.5) is 9.59 Å². The molecular formula is C36H50N4O8. The molecule has 1 saturated heterocycles. The van der Waals surface area contributed by atoms with Crippen molar-refractivity contribution in [3.63, 3.8) is 0 Å². The monoisotopic (exact) mass is 666 g/mol. The molecule has 0 saturated carbocycles. The number of amides is 4. The Morgan fingerprint density at radius 1 is 0.812 bits per heavy atom. The van der Waals surface area contributed by atoms with E-state index in [1.54, 1.807) is 25.7 Å². The summed E-state index contributed by atoms with van der Waals surface area (Å²) in [5.74, 6) is -1.19. The first-order chi connectivity index (χ1) is 23.0. The number of unbranched alkanes of at least 4 members (excludes halogenated alkanes) is 1. The van der Waals surface area contributed by atoms with Gasteiger partial charge in [-0.25, -0.2) is 9.59 Å². The van der Waals surface area contributed by atoms with E-state index in [4.69, 9.17) is 14.2 Å². The van der Waals surface area contributed by atoms with Crippen molar-refractivity contribution in [2.75, 3.05) is 26.2 Å². The molecule has 3 rings (SSSR count). The molecule has 1 heterocycles. The standard InChI is InChI=1S/C36H50N4O8/c1-36(2,3)48-35(45)39-30(19-10-11-21-38-34(44)47-26-28-16-8-5-9-17-28)33(43)40-23-13-18-29(24-40)32(42)37-22-12-20-31(41)46-25-27-14-6-4-7-15-27/h4-9,14-17,29-30H,10-13,18-26H2,1-3H3,(H,37,42)(H,38,44)(H,39,45)/t29?,30-/m1/s1. The first-order valence-electron chi connectivity index (χ1n) is 16.7. The summed E-state index contributed by atoms with van der Waals surface area (Å²) >= 11 is 0. The highest BCUT2D eigenvalue weighted by molar-refractivity contribution is 5.87. The second-order valence-electron chi connectivity index (χ2n) is 12.8. The zero-order chi connectivity index (χ0) is 34.8. The minimum absolute atomic E-state index is 0.168. The molecule has 0 aromatic heterocycles. The van der Waals surface area contributed by atoms with Gasteiger partial charge in [0.2, 0.25) is 11.8 Å². The molecule has 1 fully saturated rings. The van der Waals surface area contributed by atoms with Gasteiger partial charge in [-0.1, -0.05) is 60.7 Å². The van der Waals surface area contributed by atoms with Crippen LogP contribution in [-0.4, -0.2) is 72.7 Å². The van der Waals surface area contributed by atoms with Crippen LogP contribution < -0.4 is 16.0 Å². The number of carbonyl (C=O) groups is 5. The quantitative estimate of drug-likeness (QED) is 0.131. The number of likely N-dealkylation sites (tertiary alicyclic amines) is 1. The van der Waals surface area contributed by atoms with E-state index < -0.39 is 29.7 Å². The molecule has 262 valence electrons. The predicted octanol–water partition coefficient (Wildman–Crippen LogP) is 4.85. The minimum Gasteiger partial charge on any atom is -0.461 e. The lowest BCUT2D eigenvalue weighted by molar-refractivity contribution is -0.145. The molecule has 0 spiro atoms. The maximum atomic E-state index is 13.6. The average Bonchev–Trinajstić information content (AvgIpc) is 3.07. The third-order valence-electron chi connectivity index (χ3n) is 7.59. The van der Waals surface area contributed by atoms with Gasteiger partial charge in [-0.2, -0.15) is 0 Å². The zero-order valence-electron chi connectivity index (χ0n) is 28.3. The van der Waals surface area contributed by atoms with Crippen LogP contribution in [0.1, 0.15) is 76.8 Å². The molecule has 1 aliphatic rings. The van der Waals surface area contributed by atoms with Crippen LogP contribution in [0.15, 0.2) is 60.7 Å². The van der Waals surface area contributed by atoms with E-state index in [0.29, 0.717) is 58.2 Å². The predicted molar refractivity (Wildman–Crippen MR) is 179 cm³/mol. The third kappa shape index (κ3) is 14.9. The summed E-state index contributed by atoms with van der Waals surface area (Å²) in [4.78, 5) is 65.0. The number of rotatable bonds is 16. The Kier molecular flexibility index (Phi) is 15.7. The van der Waals surface area contributed by atoms with Gasteiger partial charge in [0.05, 0.1) is 5.92 Å². The number of piperidine rings is 1. The maximum Gasteiger partial charge on any atom is 0.408 e. The van der Waals surface area contributed by atoms with E-state index in [-0.39, 0.29) is 44.0 Å². The van der Waals surface area contributed by atoms with Crippen molar-refractivity contribution in [2.24, 2.45) is 5.92 Å². The fraction of sp³-hybridized carbons (Fsp3) is 0.528. The van der Waals surface area contributed by atoms with Gasteiger partial charge < -0.3 is 35.1 Å². The fourth-order valence-electron chi connectivity index (χ4n) is 5.16. The summed E-state index contributed by atoms with van der Waals surface area (Å²) in [7, 11) is 0. The van der Waals surface area contributed by atoms with Crippen molar-refractivity contribution in [2.45, 2.75) is 90.6 Å². The van der Waals surface area contributed by atoms with Gasteiger partial charge in [0, 0.05) is 32.6 Å². The molecule has 12 heteroatoms. The molecule has 2 atom stereocenters. The van der Waals surface area contributed by atoms with Crippen LogP contribution in [0.25, 0.3) is 0 Å². The van der Waals surface area contributed by atoms with Crippen LogP contribution in [0.5, 0.6) is 0 Å². The van der Waals surface area contributed by atoms with Gasteiger partial charge in [0.25, 0.3) is 0 Å². The van der Waals surface area contributed by atoms with Gasteiger partial charge in [0.1, 0.15) is 24.9 Å². The number of benzene rings is 2. The van der Waals surface area contributed by atoms with Gasteiger partial charge in [-0.3, -0.25) is 14.4 Å². The summed E-state index contributed by atoms with van der Waals surface area (Å²) in [6.45, 7) is 6.97. The van der Waals surface area contributed by atoms with E-state index >= 15 is 0 Å². The number of nitrogens with zero attached hydrogens (tertiary/aromatic N) is 1. The first kappa shape index (κ1) is 37.8. The Morgan fingerprint density at radius 2 is 1.44 bits per heavy atom. The number of alkyl carbamates (subject to hydrolysis) is 2. The lowest BCUT2D eigenvalue weighted by Crippen LogP contribution is -2.53. The highest BCUT2D eigenvalue weighted by Gasteiger charge is 2.33. The molecular weight excluding hydrogens is 616 g/mol. The Morgan fingerprint density at radius 3 is 2.08 bits per heavy atom. The summed E-state index contributed by atoms with van der Waals surface area (Å²) < 4.78 is 15.9. The summed E-state index contributed by atoms with van der Waals surface area (Å²) in [6, 6.07) is 17.9. The Hall–Kier alpha value is -4.61. The van der Waals surface area contributed by atoms with Crippen molar-refractivity contribution in [1.82, 2.24) is 20.9 Å². The molecule has 2 aromatic rings. The second-order valence-corrected chi connectivity index (χ2v) is 12.8. The number of nitrogens with one attached hydrogen (secondary N) is 3. The molecule has 4 amide bonds. The van der Waals surface area contributed by atoms with Gasteiger partial charge in [-0.15, -0.1) is 0 Å². The van der Waals surface area contributed by atoms with E-state index in [9.17, 15) is 24.0 Å². The number of hydrogen-bond acceptors (Lipinski definition) is 8. The van der Waals surface area contributed by atoms with Crippen molar-refractivity contribution in [1.29, 1.82) is 0 Å². The molecule has 0 aliphatic carbocycles. The van der Waals surface area contributed by atoms with Crippen molar-refractivity contribution in [3.05, 3.63) is 71.8 Å². The topological polar surface area (TPSA) is 152 Å². The SMILES string of the molecule is CC(C)(C)OC(=O)N[C@H](CCCCNC(=O)OCc1ccccc1)C(=O)N1CCCC(C(=O)NCCCC(=O)OCc2ccccc2)C1. The lowest BCUT2D eigenvalue weighted by atomic mass is 9.96. The molecule has 1 unspecified atom stereocenters. The van der Waals surface area contributed by atoms with Gasteiger partial charge in [0.15, 0.2) is 0 Å². The lowest BCUT2D eigenvalue weighted by Gasteiger charge is -2.34. The smallest absolute Gasteiger partial charge is 0.408 e. The van der Waals surface area contributed by atoms with E-state index in [1.165, 1.54) is 0 Å². The summed E-state index contributed by atoms with van der Waals surface area (Å²) in [5, 5.41) is 8.31. The molecule has 0 radical (unpaired) electrons. The Labute approximate surface area is 283 Å². The van der Waals surface area contributed by atoms with Gasteiger partial charge in [-0.05, 0) is 70.4 Å². The Balaban J connectivity index is 1.42. The minimum atomic E-state index is -0.853. The maximum absolute atomic E-state index is 13.6. The van der Waals surface area contributed by atoms with Crippen LogP contribution in [0.2, 0.25) is 0 Å². The van der Waals surface area contributed by atoms with Crippen LogP contribution in [0, 0.1) is 5.92 Å². The largest absolute Gasteiger partial charge is 0.461 e. The van der Waals surface area contributed by atoms with Crippen LogP contribution >= 0.6 is 0 Å². The molecule has 1 aliphatic heterocycles. The number of carbonyl (C=O) groups excluding carboxylic acids is 5. The van der Waals surface area contributed by atoms with Crippen molar-refractivity contribution >= 4 is 30.0 Å². The van der Waals surface area contributed by atoms with E-state index in [1.807, 2.05) is 60.7 Å². The van der Waals surface area contributed by atoms with Crippen LogP contribution in [0.3, 0.4) is 0 Å². The highest BCUT2D eigenvalue weighted by Crippen LogP contribution is 2.19. The normalized spacial score (nSPS) is 15.1. The highest BCUT2D eigenvalue weighted by atomic mass is 16.6. The fourth-order valence-corrected chi connectivity index (χ4v) is 5.16. The summed E-state index contributed by atoms with van der Waals surface area (Å²) in [5.41, 5.74) is 1.05. The summed E-state index contributed by atoms with van der Waals surface area (Å²) in [6.07, 6.45) is 2.10. The Bertz CT molecular complexity index is 1320. The van der Waals surface area contributed by atoms with E-state index in [2.05, 4.69) is 16.0 Å². The zero-order valence-corrected chi connectivity index (χ0v) is 28.3. The van der Waals surface area contributed by atoms with E-state index in [0.717, 1.165) is 11.1 Å². The molecule has 3 N–H and O–H groups in total. The molecule has 2 aromatic carbocycles. The van der Waals surface area contributed by atoms with Gasteiger partial charge >= 0.3 is 18.2 Å². The molecule has 12 nitrogen and oxygen atoms in total. The number of esters is 1. The second kappa shape index (κ2) is 19.9. The number of hydrogen-bond donors (Lipinski definition) is 3. The first-order valence-corrected chi connectivity index (χ1v) is 16.7. The van der Waals surface area contributed by atoms with Crippen molar-refractivity contribution in [3.8, 4) is 0 Å². The van der Waals surface area contributed by atoms with Crippen LogP contribution in [-0.2, 0) is 41.8 Å². The third-order valence-corrected chi connectivity index (χ3v) is 7.59.